The third-order valence-corrected chi connectivity index (χ3v) is 6.59. The smallest absolute Gasteiger partial charge is 0.0431 e. The van der Waals surface area contributed by atoms with E-state index >= 15 is 0 Å². The Morgan fingerprint density at radius 3 is 1.69 bits per heavy atom. The quantitative estimate of drug-likeness (QED) is 0.143. The number of hydrogen-bond donors (Lipinski definition) is 0. The summed E-state index contributed by atoms with van der Waals surface area (Å²) in [4.78, 5) is 2.21. The van der Waals surface area contributed by atoms with Crippen molar-refractivity contribution in [3.63, 3.8) is 0 Å². The normalized spacial score (nSPS) is 22.7. The summed E-state index contributed by atoms with van der Waals surface area (Å²) in [5.41, 5.74) is 1.43. The minimum atomic E-state index is -0.173. The van der Waals surface area contributed by atoms with Gasteiger partial charge in [0.25, 0.3) is 0 Å². The highest BCUT2D eigenvalue weighted by Gasteiger charge is 2.22. The number of rotatable bonds is 20. The largest absolute Gasteiger partial charge is 0.297 e. The van der Waals surface area contributed by atoms with Crippen molar-refractivity contribution in [1.82, 2.24) is 4.90 Å². The molecule has 1 heterocycles. The van der Waals surface area contributed by atoms with Crippen molar-refractivity contribution in [1.29, 1.82) is 0 Å². The average Bonchev–Trinajstić information content (AvgIpc) is 3.09. The molecular weight excluding hydrogens is 350 g/mol. The molecule has 0 N–H and O–H groups in total. The standard InChI is InChI=1S/C28H55N/c1-4-6-8-10-12-14-15-17-19-23-27(3)28(29-25-21-22-26-29)24-20-18-16-13-11-9-7-5-2/h23,28H,4-22,24-26H2,1-3H3/i25D,26D. The van der Waals surface area contributed by atoms with Crippen molar-refractivity contribution < 1.29 is 2.74 Å². The van der Waals surface area contributed by atoms with Gasteiger partial charge in [0.05, 0.1) is 0 Å². The van der Waals surface area contributed by atoms with Crippen LogP contribution in [-0.2, 0) is 0 Å². The van der Waals surface area contributed by atoms with Crippen molar-refractivity contribution in [2.45, 2.75) is 155 Å². The Hall–Kier alpha value is -0.300. The summed E-state index contributed by atoms with van der Waals surface area (Å²) >= 11 is 0. The summed E-state index contributed by atoms with van der Waals surface area (Å²) in [6.07, 6.45) is 28.3. The molecule has 0 aromatic heterocycles. The van der Waals surface area contributed by atoms with E-state index in [2.05, 4.69) is 31.7 Å². The van der Waals surface area contributed by atoms with Gasteiger partial charge < -0.3 is 0 Å². The predicted octanol–water partition coefficient (Wildman–Crippen LogP) is 9.46. The van der Waals surface area contributed by atoms with Gasteiger partial charge in [-0.25, -0.2) is 0 Å². The van der Waals surface area contributed by atoms with Crippen molar-refractivity contribution in [2.24, 2.45) is 0 Å². The highest BCUT2D eigenvalue weighted by atomic mass is 15.2. The Morgan fingerprint density at radius 2 is 1.17 bits per heavy atom. The zero-order valence-electron chi connectivity index (χ0n) is 22.4. The zero-order chi connectivity index (χ0) is 22.7. The number of hydrogen-bond acceptors (Lipinski definition) is 1. The van der Waals surface area contributed by atoms with Crippen LogP contribution in [-0.4, -0.2) is 24.0 Å². The second-order valence-electron chi connectivity index (χ2n) is 9.38. The van der Waals surface area contributed by atoms with E-state index in [0.717, 1.165) is 19.3 Å². The zero-order valence-corrected chi connectivity index (χ0v) is 20.4. The van der Waals surface area contributed by atoms with Gasteiger partial charge in [0.2, 0.25) is 0 Å². The van der Waals surface area contributed by atoms with E-state index in [9.17, 15) is 0 Å². The third-order valence-electron chi connectivity index (χ3n) is 6.59. The minimum absolute atomic E-state index is 0.173. The lowest BCUT2D eigenvalue weighted by Crippen LogP contribution is -2.33. The molecule has 0 spiro atoms. The van der Waals surface area contributed by atoms with Crippen molar-refractivity contribution in [2.75, 3.05) is 13.0 Å². The third kappa shape index (κ3) is 14.4. The fourth-order valence-corrected chi connectivity index (χ4v) is 4.60. The van der Waals surface area contributed by atoms with Crippen molar-refractivity contribution in [3.8, 4) is 0 Å². The molecule has 0 bridgehead atoms. The molecule has 1 saturated heterocycles. The summed E-state index contributed by atoms with van der Waals surface area (Å²) in [5, 5.41) is 0. The van der Waals surface area contributed by atoms with E-state index in [4.69, 9.17) is 2.74 Å². The van der Waals surface area contributed by atoms with Crippen LogP contribution in [0.25, 0.3) is 0 Å². The molecule has 1 rings (SSSR count). The first-order chi connectivity index (χ1) is 15.1. The summed E-state index contributed by atoms with van der Waals surface area (Å²) < 4.78 is 16.9. The predicted molar refractivity (Wildman–Crippen MR) is 133 cm³/mol. The Balaban J connectivity index is 2.36. The van der Waals surface area contributed by atoms with Crippen molar-refractivity contribution in [3.05, 3.63) is 11.6 Å². The molecule has 0 amide bonds. The number of unbranched alkanes of at least 4 members (excludes halogenated alkanes) is 15. The van der Waals surface area contributed by atoms with Gasteiger partial charge in [-0.05, 0) is 52.1 Å². The van der Waals surface area contributed by atoms with Crippen LogP contribution in [0, 0.1) is 0 Å². The molecule has 1 aliphatic rings. The Kier molecular flexibility index (Phi) is 15.8. The molecule has 3 unspecified atom stereocenters. The first-order valence-corrected chi connectivity index (χ1v) is 13.4. The van der Waals surface area contributed by atoms with Crippen molar-refractivity contribution >= 4 is 0 Å². The Bertz CT molecular complexity index is 427. The molecule has 1 nitrogen and oxygen atoms in total. The number of likely N-dealkylation sites (tertiary alicyclic amines) is 1. The number of allylic oxidation sites excluding steroid dienone is 1. The van der Waals surface area contributed by atoms with Crippen LogP contribution in [0.15, 0.2) is 11.6 Å². The van der Waals surface area contributed by atoms with E-state index in [1.165, 1.54) is 115 Å². The van der Waals surface area contributed by atoms with Gasteiger partial charge in [-0.1, -0.05) is 122 Å². The highest BCUT2D eigenvalue weighted by molar-refractivity contribution is 5.09. The van der Waals surface area contributed by atoms with Gasteiger partial charge in [0, 0.05) is 8.78 Å². The van der Waals surface area contributed by atoms with Gasteiger partial charge in [0.15, 0.2) is 0 Å². The molecule has 1 heteroatoms. The lowest BCUT2D eigenvalue weighted by atomic mass is 9.97. The van der Waals surface area contributed by atoms with Crippen LogP contribution >= 0.6 is 0 Å². The highest BCUT2D eigenvalue weighted by Crippen LogP contribution is 2.24. The van der Waals surface area contributed by atoms with Crippen LogP contribution < -0.4 is 0 Å². The van der Waals surface area contributed by atoms with E-state index in [0.29, 0.717) is 6.04 Å². The molecular formula is C28H55N. The first-order valence-electron chi connectivity index (χ1n) is 14.6. The Morgan fingerprint density at radius 1 is 0.724 bits per heavy atom. The summed E-state index contributed by atoms with van der Waals surface area (Å²) in [6, 6.07) is 0.321. The van der Waals surface area contributed by atoms with Gasteiger partial charge in [-0.2, -0.15) is 0 Å². The molecule has 0 aromatic rings. The molecule has 0 aliphatic carbocycles. The summed E-state index contributed by atoms with van der Waals surface area (Å²) in [5.74, 6) is 0. The number of nitrogens with zero attached hydrogens (tertiary/aromatic N) is 1. The molecule has 172 valence electrons. The first kappa shape index (κ1) is 23.4. The van der Waals surface area contributed by atoms with Gasteiger partial charge in [-0.3, -0.25) is 4.90 Å². The SMILES string of the molecule is [2H]C1CCC([2H])N1C(CCCCCCCCCC)C(C)=CCCCCCCCCCC. The van der Waals surface area contributed by atoms with Crippen LogP contribution in [0.4, 0.5) is 0 Å². The van der Waals surface area contributed by atoms with E-state index in [-0.39, 0.29) is 13.0 Å². The minimum Gasteiger partial charge on any atom is -0.297 e. The fraction of sp³-hybridized carbons (Fsp3) is 0.929. The fourth-order valence-electron chi connectivity index (χ4n) is 4.60. The molecule has 0 radical (unpaired) electrons. The molecule has 1 aliphatic heterocycles. The summed E-state index contributed by atoms with van der Waals surface area (Å²) in [7, 11) is 0. The lowest BCUT2D eigenvalue weighted by Gasteiger charge is -2.29. The molecule has 1 fully saturated rings. The second-order valence-corrected chi connectivity index (χ2v) is 9.38. The van der Waals surface area contributed by atoms with E-state index in [1.807, 2.05) is 0 Å². The molecule has 3 atom stereocenters. The monoisotopic (exact) mass is 407 g/mol. The molecule has 0 aromatic carbocycles. The summed E-state index contributed by atoms with van der Waals surface area (Å²) in [6.45, 7) is 6.49. The topological polar surface area (TPSA) is 3.24 Å². The van der Waals surface area contributed by atoms with Gasteiger partial charge in [-0.15, -0.1) is 0 Å². The van der Waals surface area contributed by atoms with Crippen LogP contribution in [0.3, 0.4) is 0 Å². The maximum absolute atomic E-state index is 8.47. The van der Waals surface area contributed by atoms with E-state index in [1.54, 1.807) is 0 Å². The maximum atomic E-state index is 8.47. The van der Waals surface area contributed by atoms with E-state index < -0.39 is 0 Å². The molecule has 0 saturated carbocycles. The maximum Gasteiger partial charge on any atom is 0.0431 e. The van der Waals surface area contributed by atoms with Crippen LogP contribution in [0.2, 0.25) is 0 Å². The lowest BCUT2D eigenvalue weighted by molar-refractivity contribution is 0.255. The Labute approximate surface area is 187 Å². The van der Waals surface area contributed by atoms with Crippen LogP contribution in [0.1, 0.15) is 152 Å². The van der Waals surface area contributed by atoms with Crippen LogP contribution in [0.5, 0.6) is 0 Å². The average molecular weight is 408 g/mol. The molecule has 29 heavy (non-hydrogen) atoms. The van der Waals surface area contributed by atoms with Gasteiger partial charge in [0.1, 0.15) is 0 Å². The second kappa shape index (κ2) is 19.7. The van der Waals surface area contributed by atoms with Gasteiger partial charge >= 0.3 is 0 Å².